The topological polar surface area (TPSA) is 78.8 Å². The molecule has 4 aliphatic rings. The number of rotatable bonds is 5. The molecule has 1 unspecified atom stereocenters. The van der Waals surface area contributed by atoms with Crippen LogP contribution in [0.3, 0.4) is 0 Å². The van der Waals surface area contributed by atoms with Crippen LogP contribution in [-0.2, 0) is 11.1 Å². The third kappa shape index (κ3) is 4.62. The number of aliphatic imine (C=N–C) groups is 1. The molecule has 7 heteroatoms. The normalized spacial score (nSPS) is 22.1. The Hall–Kier alpha value is -3.94. The molecule has 0 radical (unpaired) electrons. The molecule has 0 aromatic heterocycles. The minimum Gasteiger partial charge on any atom is -0.360 e. The lowest BCUT2D eigenvalue weighted by Gasteiger charge is -2.33. The van der Waals surface area contributed by atoms with Crippen molar-refractivity contribution >= 4 is 34.2 Å². The van der Waals surface area contributed by atoms with Crippen LogP contribution in [0.25, 0.3) is 11.1 Å². The highest BCUT2D eigenvalue weighted by Crippen LogP contribution is 2.44. The molecule has 3 aliphatic carbocycles. The summed E-state index contributed by atoms with van der Waals surface area (Å²) in [6.07, 6.45) is 16.1. The maximum Gasteiger partial charge on any atom is 0.187 e. The van der Waals surface area contributed by atoms with E-state index >= 15 is 0 Å². The summed E-state index contributed by atoms with van der Waals surface area (Å²) in [6.45, 7) is 2.07. The van der Waals surface area contributed by atoms with Gasteiger partial charge in [0.2, 0.25) is 0 Å². The number of hydrogen-bond acceptors (Lipinski definition) is 4. The van der Waals surface area contributed by atoms with Gasteiger partial charge >= 0.3 is 0 Å². The van der Waals surface area contributed by atoms with Crippen molar-refractivity contribution in [1.29, 1.82) is 0 Å². The number of benzene rings is 2. The monoisotopic (exact) mass is 538 g/mol. The first-order chi connectivity index (χ1) is 18.9. The molecular formula is C32H27FN2O3S. The van der Waals surface area contributed by atoms with Crippen LogP contribution in [0.1, 0.15) is 53.1 Å². The van der Waals surface area contributed by atoms with Crippen molar-refractivity contribution in [3.05, 3.63) is 129 Å². The Labute approximate surface area is 228 Å². The molecule has 2 N–H and O–H groups in total. The Kier molecular flexibility index (Phi) is 6.71. The van der Waals surface area contributed by atoms with E-state index in [-0.39, 0.29) is 29.2 Å². The first-order valence-corrected chi connectivity index (χ1v) is 14.2. The highest BCUT2D eigenvalue weighted by Gasteiger charge is 2.34. The number of nitrogens with zero attached hydrogens (tertiary/aromatic N) is 1. The summed E-state index contributed by atoms with van der Waals surface area (Å²) in [5, 5.41) is 5.13. The Morgan fingerprint density at radius 3 is 2.72 bits per heavy atom. The average Bonchev–Trinajstić information content (AvgIpc) is 3.22. The Bertz CT molecular complexity index is 1730. The van der Waals surface area contributed by atoms with Crippen LogP contribution in [0, 0.1) is 5.82 Å². The zero-order chi connectivity index (χ0) is 27.1. The maximum atomic E-state index is 13.9. The van der Waals surface area contributed by atoms with Gasteiger partial charge in [-0.25, -0.2) is 8.60 Å². The van der Waals surface area contributed by atoms with E-state index in [9.17, 15) is 17.9 Å². The van der Waals surface area contributed by atoms with Gasteiger partial charge in [-0.2, -0.15) is 0 Å². The molecule has 0 saturated heterocycles. The predicted octanol–water partition coefficient (Wildman–Crippen LogP) is 4.68. The number of carbonyl (C=O) groups excluding carboxylic acids is 1. The second-order valence-electron chi connectivity index (χ2n) is 10.0. The van der Waals surface area contributed by atoms with Gasteiger partial charge in [0.1, 0.15) is 5.82 Å². The zero-order valence-corrected chi connectivity index (χ0v) is 22.2. The van der Waals surface area contributed by atoms with Gasteiger partial charge in [0.15, 0.2) is 16.9 Å². The van der Waals surface area contributed by atoms with E-state index in [4.69, 9.17) is 0 Å². The molecule has 2 aromatic carbocycles. The average molecular weight is 539 g/mol. The van der Waals surface area contributed by atoms with E-state index in [1.807, 2.05) is 42.6 Å². The van der Waals surface area contributed by atoms with E-state index in [2.05, 4.69) is 29.4 Å². The first kappa shape index (κ1) is 25.3. The van der Waals surface area contributed by atoms with Crippen molar-refractivity contribution in [2.45, 2.75) is 31.6 Å². The summed E-state index contributed by atoms with van der Waals surface area (Å²) in [5.41, 5.74) is 7.17. The Morgan fingerprint density at radius 2 is 1.92 bits per heavy atom. The minimum atomic E-state index is -1.90. The third-order valence-corrected chi connectivity index (χ3v) is 8.30. The quantitative estimate of drug-likeness (QED) is 0.542. The van der Waals surface area contributed by atoms with Crippen LogP contribution < -0.4 is 15.8 Å². The van der Waals surface area contributed by atoms with Gasteiger partial charge in [0.25, 0.3) is 0 Å². The molecule has 0 fully saturated rings. The molecule has 1 heterocycles. The molecule has 6 rings (SSSR count). The lowest BCUT2D eigenvalue weighted by molar-refractivity contribution is 0.104. The highest BCUT2D eigenvalue weighted by atomic mass is 32.2. The zero-order valence-electron chi connectivity index (χ0n) is 21.4. The number of fused-ring (bicyclic) bond motifs is 4. The van der Waals surface area contributed by atoms with E-state index < -0.39 is 11.1 Å². The number of nitrogens with one attached hydrogen (secondary N) is 1. The molecular weight excluding hydrogens is 511 g/mol. The van der Waals surface area contributed by atoms with Crippen LogP contribution in [-0.4, -0.2) is 26.5 Å². The summed E-state index contributed by atoms with van der Waals surface area (Å²) < 4.78 is 34.6. The van der Waals surface area contributed by atoms with Crippen molar-refractivity contribution in [2.75, 3.05) is 5.75 Å². The molecule has 1 aliphatic heterocycles. The van der Waals surface area contributed by atoms with Crippen molar-refractivity contribution in [1.82, 2.24) is 5.32 Å². The van der Waals surface area contributed by atoms with Crippen LogP contribution >= 0.6 is 0 Å². The first-order valence-electron chi connectivity index (χ1n) is 13.0. The van der Waals surface area contributed by atoms with Crippen LogP contribution in [0.2, 0.25) is 0 Å². The lowest BCUT2D eigenvalue weighted by atomic mass is 9.71. The highest BCUT2D eigenvalue weighted by molar-refractivity contribution is 7.79. The number of halogens is 1. The van der Waals surface area contributed by atoms with Crippen molar-refractivity contribution in [2.24, 2.45) is 4.99 Å². The fraction of sp³-hybridized carbons (Fsp3) is 0.188. The molecule has 0 amide bonds. The van der Waals surface area contributed by atoms with Gasteiger partial charge in [-0.1, -0.05) is 49.4 Å². The van der Waals surface area contributed by atoms with Gasteiger partial charge in [0, 0.05) is 35.4 Å². The van der Waals surface area contributed by atoms with E-state index in [1.165, 1.54) is 12.1 Å². The second kappa shape index (κ2) is 10.3. The summed E-state index contributed by atoms with van der Waals surface area (Å²) in [5.74, 6) is -0.270. The van der Waals surface area contributed by atoms with E-state index in [1.54, 1.807) is 18.5 Å². The summed E-state index contributed by atoms with van der Waals surface area (Å²) in [7, 11) is 0. The minimum absolute atomic E-state index is 0.00593. The lowest BCUT2D eigenvalue weighted by Crippen LogP contribution is -2.34. The number of allylic oxidation sites excluding steroid dienone is 6. The smallest absolute Gasteiger partial charge is 0.187 e. The summed E-state index contributed by atoms with van der Waals surface area (Å²) >= 11 is -1.90. The summed E-state index contributed by atoms with van der Waals surface area (Å²) in [4.78, 5) is 18.3. The fourth-order valence-electron chi connectivity index (χ4n) is 6.00. The van der Waals surface area contributed by atoms with Gasteiger partial charge in [-0.05, 0) is 75.4 Å². The Morgan fingerprint density at radius 1 is 1.13 bits per heavy atom. The van der Waals surface area contributed by atoms with E-state index in [0.29, 0.717) is 18.4 Å². The molecule has 196 valence electrons. The number of ketones is 1. The molecule has 0 bridgehead atoms. The van der Waals surface area contributed by atoms with Gasteiger partial charge in [-0.3, -0.25) is 9.79 Å². The van der Waals surface area contributed by atoms with Crippen molar-refractivity contribution in [3.8, 4) is 0 Å². The van der Waals surface area contributed by atoms with Gasteiger partial charge in [0.05, 0.1) is 17.6 Å². The van der Waals surface area contributed by atoms with Gasteiger partial charge in [-0.15, -0.1) is 0 Å². The SMILES string of the molecule is C[C@H]1C=CC(CCS(=O)O)=c2ccc3c(c21)C(=O)C=C1C(C2=CN=CC=CN2)=CC[C@@H](c2ccc(F)cc2)C=31. The molecule has 0 saturated carbocycles. The molecule has 5 nitrogen and oxygen atoms in total. The summed E-state index contributed by atoms with van der Waals surface area (Å²) in [6, 6.07) is 10.7. The predicted molar refractivity (Wildman–Crippen MR) is 153 cm³/mol. The molecule has 2 aromatic rings. The van der Waals surface area contributed by atoms with Crippen LogP contribution in [0.15, 0.2) is 101 Å². The second-order valence-corrected chi connectivity index (χ2v) is 11.1. The largest absolute Gasteiger partial charge is 0.360 e. The van der Waals surface area contributed by atoms with Crippen LogP contribution in [0.5, 0.6) is 0 Å². The maximum absolute atomic E-state index is 13.9. The standard InChI is InChI=1S/C32H27FN2O3S/c1-19-3-4-21(13-16-39(37)38)23-10-12-26-31-24(20-5-7-22(33)8-6-20)9-11-25(28-18-34-14-2-15-35-28)27(31)17-29(36)32(26)30(19)23/h2-8,10-12,14-15,17-19,24,35H,9,13,16H2,1H3,(H,37,38)/t19-,24-/m0/s1. The van der Waals surface area contributed by atoms with Crippen molar-refractivity contribution < 1.29 is 17.9 Å². The van der Waals surface area contributed by atoms with E-state index in [0.717, 1.165) is 49.6 Å². The number of hydrogen-bond donors (Lipinski definition) is 2. The molecule has 39 heavy (non-hydrogen) atoms. The third-order valence-electron chi connectivity index (χ3n) is 7.75. The van der Waals surface area contributed by atoms with Crippen molar-refractivity contribution in [3.63, 3.8) is 0 Å². The van der Waals surface area contributed by atoms with Crippen LogP contribution in [0.4, 0.5) is 4.39 Å². The molecule has 0 spiro atoms. The van der Waals surface area contributed by atoms with Gasteiger partial charge < -0.3 is 9.87 Å². The Balaban J connectivity index is 1.62. The number of carbonyl (C=O) groups is 1. The molecule has 3 atom stereocenters. The fourth-order valence-corrected chi connectivity index (χ4v) is 6.39.